The summed E-state index contributed by atoms with van der Waals surface area (Å²) in [5.41, 5.74) is 0.992. The largest absolute Gasteiger partial charge is 0.385 e. The van der Waals surface area contributed by atoms with Crippen molar-refractivity contribution in [1.82, 2.24) is 9.88 Å². The minimum atomic E-state index is -0.0684. The van der Waals surface area contributed by atoms with Crippen LogP contribution in [0.1, 0.15) is 30.7 Å². The van der Waals surface area contributed by atoms with Gasteiger partial charge in [-0.05, 0) is 43.7 Å². The number of thiazole rings is 1. The monoisotopic (exact) mass is 374 g/mol. The number of amides is 1. The number of carbonyl (C=O) groups excluding carboxylic acids is 1. The minimum Gasteiger partial charge on any atom is -0.385 e. The third-order valence-corrected chi connectivity index (χ3v) is 6.54. The summed E-state index contributed by atoms with van der Waals surface area (Å²) in [6, 6.07) is 8.20. The van der Waals surface area contributed by atoms with Crippen molar-refractivity contribution in [3.8, 4) is 0 Å². The lowest BCUT2D eigenvalue weighted by Gasteiger charge is -2.47. The Balaban J connectivity index is 1.19. The molecule has 26 heavy (non-hydrogen) atoms. The average Bonchev–Trinajstić information content (AvgIpc) is 3.22. The second-order valence-corrected chi connectivity index (χ2v) is 8.64. The number of rotatable bonds is 7. The summed E-state index contributed by atoms with van der Waals surface area (Å²) in [5, 5.41) is 1.12. The number of aryl methyl sites for hydroxylation is 1. The van der Waals surface area contributed by atoms with Crippen LogP contribution in [0, 0.1) is 5.92 Å². The summed E-state index contributed by atoms with van der Waals surface area (Å²) in [6.07, 6.45) is 4.44. The molecule has 3 heterocycles. The smallest absolute Gasteiger partial charge is 0.222 e. The van der Waals surface area contributed by atoms with Gasteiger partial charge in [0.1, 0.15) is 5.60 Å². The van der Waals surface area contributed by atoms with E-state index in [2.05, 4.69) is 11.1 Å². The van der Waals surface area contributed by atoms with Crippen LogP contribution >= 0.6 is 11.3 Å². The lowest BCUT2D eigenvalue weighted by Crippen LogP contribution is -2.63. The van der Waals surface area contributed by atoms with Crippen molar-refractivity contribution < 1.29 is 14.3 Å². The van der Waals surface area contributed by atoms with Crippen LogP contribution < -0.4 is 0 Å². The molecule has 6 heteroatoms. The Hall–Kier alpha value is -1.50. The molecule has 1 unspecified atom stereocenters. The zero-order chi connectivity index (χ0) is 18.0. The fraction of sp³-hybridized carbons (Fsp3) is 0.600. The summed E-state index contributed by atoms with van der Waals surface area (Å²) in [4.78, 5) is 19.0. The first-order valence-corrected chi connectivity index (χ1v) is 10.2. The van der Waals surface area contributed by atoms with Crippen molar-refractivity contribution in [2.45, 2.75) is 37.7 Å². The Morgan fingerprint density at radius 1 is 1.42 bits per heavy atom. The number of likely N-dealkylation sites (tertiary alicyclic amines) is 1. The fourth-order valence-electron chi connectivity index (χ4n) is 4.03. The van der Waals surface area contributed by atoms with Crippen molar-refractivity contribution in [2.75, 3.05) is 33.4 Å². The van der Waals surface area contributed by atoms with Crippen molar-refractivity contribution in [3.63, 3.8) is 0 Å². The molecule has 1 aromatic heterocycles. The summed E-state index contributed by atoms with van der Waals surface area (Å²) in [7, 11) is 1.74. The topological polar surface area (TPSA) is 51.7 Å². The Labute approximate surface area is 158 Å². The number of hydrogen-bond acceptors (Lipinski definition) is 5. The maximum absolute atomic E-state index is 12.4. The zero-order valence-corrected chi connectivity index (χ0v) is 16.1. The average molecular weight is 375 g/mol. The van der Waals surface area contributed by atoms with Crippen molar-refractivity contribution in [3.05, 3.63) is 29.3 Å². The van der Waals surface area contributed by atoms with E-state index in [9.17, 15) is 4.79 Å². The number of methoxy groups -OCH3 is 1. The van der Waals surface area contributed by atoms with Gasteiger partial charge in [-0.3, -0.25) is 4.79 Å². The molecule has 2 aliphatic heterocycles. The van der Waals surface area contributed by atoms with Crippen LogP contribution in [-0.4, -0.2) is 54.8 Å². The van der Waals surface area contributed by atoms with Gasteiger partial charge in [0.15, 0.2) is 0 Å². The Morgan fingerprint density at radius 2 is 2.27 bits per heavy atom. The molecular formula is C20H26N2O3S. The molecule has 1 spiro atoms. The van der Waals surface area contributed by atoms with E-state index in [-0.39, 0.29) is 11.5 Å². The van der Waals surface area contributed by atoms with Gasteiger partial charge >= 0.3 is 0 Å². The van der Waals surface area contributed by atoms with E-state index in [4.69, 9.17) is 9.47 Å². The fourth-order valence-corrected chi connectivity index (χ4v) is 5.04. The van der Waals surface area contributed by atoms with E-state index < -0.39 is 0 Å². The van der Waals surface area contributed by atoms with Gasteiger partial charge in [-0.2, -0.15) is 0 Å². The highest BCUT2D eigenvalue weighted by atomic mass is 32.1. The lowest BCUT2D eigenvalue weighted by molar-refractivity contribution is -0.157. The molecule has 4 rings (SSSR count). The first-order valence-electron chi connectivity index (χ1n) is 9.43. The summed E-state index contributed by atoms with van der Waals surface area (Å²) in [6.45, 7) is 3.12. The van der Waals surface area contributed by atoms with Gasteiger partial charge in [-0.25, -0.2) is 4.98 Å². The normalized spacial score (nSPS) is 21.4. The predicted octanol–water partition coefficient (Wildman–Crippen LogP) is 3.27. The number of para-hydroxylation sites is 1. The first-order chi connectivity index (χ1) is 12.7. The molecule has 0 N–H and O–H groups in total. The Morgan fingerprint density at radius 3 is 3.08 bits per heavy atom. The lowest BCUT2D eigenvalue weighted by atomic mass is 9.86. The van der Waals surface area contributed by atoms with Crippen LogP contribution in [0.25, 0.3) is 10.2 Å². The highest BCUT2D eigenvalue weighted by Crippen LogP contribution is 2.39. The van der Waals surface area contributed by atoms with Crippen molar-refractivity contribution in [1.29, 1.82) is 0 Å². The number of carbonyl (C=O) groups is 1. The number of fused-ring (bicyclic) bond motifs is 1. The van der Waals surface area contributed by atoms with E-state index in [0.29, 0.717) is 12.3 Å². The second kappa shape index (κ2) is 7.62. The molecule has 0 aliphatic carbocycles. The molecule has 2 saturated heterocycles. The number of benzene rings is 1. The molecule has 2 aliphatic rings. The zero-order valence-electron chi connectivity index (χ0n) is 15.3. The highest BCUT2D eigenvalue weighted by Gasteiger charge is 2.50. The third-order valence-electron chi connectivity index (χ3n) is 5.45. The van der Waals surface area contributed by atoms with E-state index in [1.165, 1.54) is 4.70 Å². The van der Waals surface area contributed by atoms with Crippen LogP contribution in [0.3, 0.4) is 0 Å². The second-order valence-electron chi connectivity index (χ2n) is 7.52. The molecule has 0 radical (unpaired) electrons. The van der Waals surface area contributed by atoms with Crippen molar-refractivity contribution >= 4 is 27.5 Å². The molecule has 5 nitrogen and oxygen atoms in total. The van der Waals surface area contributed by atoms with Crippen LogP contribution in [-0.2, 0) is 20.7 Å². The summed E-state index contributed by atoms with van der Waals surface area (Å²) >= 11 is 1.73. The van der Waals surface area contributed by atoms with Crippen LogP contribution in [0.4, 0.5) is 0 Å². The van der Waals surface area contributed by atoms with E-state index in [1.54, 1.807) is 18.4 Å². The highest BCUT2D eigenvalue weighted by molar-refractivity contribution is 7.18. The maximum Gasteiger partial charge on any atom is 0.222 e. The number of nitrogens with zero attached hydrogens (tertiary/aromatic N) is 2. The minimum absolute atomic E-state index is 0.0684. The molecule has 0 bridgehead atoms. The predicted molar refractivity (Wildman–Crippen MR) is 102 cm³/mol. The van der Waals surface area contributed by atoms with E-state index in [1.807, 2.05) is 23.1 Å². The number of ether oxygens (including phenoxy) is 2. The molecule has 0 saturated carbocycles. The van der Waals surface area contributed by atoms with Gasteiger partial charge in [0, 0.05) is 20.1 Å². The first kappa shape index (κ1) is 17.9. The van der Waals surface area contributed by atoms with Crippen LogP contribution in [0.2, 0.25) is 0 Å². The van der Waals surface area contributed by atoms with Gasteiger partial charge < -0.3 is 14.4 Å². The van der Waals surface area contributed by atoms with E-state index >= 15 is 0 Å². The standard InChI is InChI=1S/C20H26N2O3S/c1-24-10-9-15-11-20(25-12-15)13-22(14-20)19(23)8-4-7-18-21-16-5-2-3-6-17(16)26-18/h2-3,5-6,15H,4,7-14H2,1H3. The molecule has 140 valence electrons. The molecule has 1 atom stereocenters. The van der Waals surface area contributed by atoms with Crippen LogP contribution in [0.15, 0.2) is 24.3 Å². The SMILES string of the molecule is COCCC1COC2(C1)CN(C(=O)CCCc1nc3ccccc3s1)C2. The number of aromatic nitrogens is 1. The summed E-state index contributed by atoms with van der Waals surface area (Å²) in [5.74, 6) is 0.826. The maximum atomic E-state index is 12.4. The molecule has 1 aromatic carbocycles. The van der Waals surface area contributed by atoms with Gasteiger partial charge in [0.2, 0.25) is 5.91 Å². The van der Waals surface area contributed by atoms with Crippen LogP contribution in [0.5, 0.6) is 0 Å². The van der Waals surface area contributed by atoms with Gasteiger partial charge in [0.05, 0.1) is 34.9 Å². The molecule has 2 aromatic rings. The summed E-state index contributed by atoms with van der Waals surface area (Å²) < 4.78 is 12.4. The van der Waals surface area contributed by atoms with Crippen molar-refractivity contribution in [2.24, 2.45) is 5.92 Å². The van der Waals surface area contributed by atoms with Gasteiger partial charge in [-0.1, -0.05) is 12.1 Å². The molecule has 1 amide bonds. The van der Waals surface area contributed by atoms with Gasteiger partial charge in [-0.15, -0.1) is 11.3 Å². The van der Waals surface area contributed by atoms with E-state index in [0.717, 1.165) is 62.5 Å². The molecular weight excluding hydrogens is 348 g/mol. The van der Waals surface area contributed by atoms with Gasteiger partial charge in [0.25, 0.3) is 0 Å². The third kappa shape index (κ3) is 3.77. The number of hydrogen-bond donors (Lipinski definition) is 0. The quantitative estimate of drug-likeness (QED) is 0.746. The Bertz CT molecular complexity index is 736. The molecule has 2 fully saturated rings. The Kier molecular flexibility index (Phi) is 5.25.